The number of anilines is 1. The molecule has 0 bridgehead atoms. The number of hydrogen-bond acceptors (Lipinski definition) is 4. The molecule has 92 valence electrons. The van der Waals surface area contributed by atoms with E-state index in [1.54, 1.807) is 36.0 Å². The Balaban J connectivity index is 2.02. The number of rotatable bonds is 3. The maximum Gasteiger partial charge on any atom is 0.263 e. The molecule has 7 heteroatoms. The van der Waals surface area contributed by atoms with Gasteiger partial charge in [0.15, 0.2) is 5.13 Å². The third-order valence-electron chi connectivity index (χ3n) is 2.49. The van der Waals surface area contributed by atoms with Gasteiger partial charge in [0.2, 0.25) is 0 Å². The van der Waals surface area contributed by atoms with Crippen molar-refractivity contribution in [3.63, 3.8) is 0 Å². The van der Waals surface area contributed by atoms with E-state index in [1.807, 2.05) is 6.07 Å². The van der Waals surface area contributed by atoms with Crippen LogP contribution < -0.4 is 4.72 Å². The van der Waals surface area contributed by atoms with E-state index in [2.05, 4.69) is 14.7 Å². The predicted molar refractivity (Wildman–Crippen MR) is 71.2 cm³/mol. The van der Waals surface area contributed by atoms with Gasteiger partial charge in [-0.05, 0) is 24.3 Å². The summed E-state index contributed by atoms with van der Waals surface area (Å²) in [5, 5.41) is 2.94. The van der Waals surface area contributed by atoms with Gasteiger partial charge in [0, 0.05) is 28.7 Å². The van der Waals surface area contributed by atoms with Crippen LogP contribution in [0.3, 0.4) is 0 Å². The first-order valence-electron chi connectivity index (χ1n) is 5.15. The van der Waals surface area contributed by atoms with Gasteiger partial charge < -0.3 is 4.98 Å². The van der Waals surface area contributed by atoms with Gasteiger partial charge in [-0.2, -0.15) is 0 Å². The number of nitrogens with one attached hydrogen (secondary N) is 2. The minimum atomic E-state index is -3.57. The van der Waals surface area contributed by atoms with E-state index in [9.17, 15) is 8.42 Å². The molecular formula is C11H9N3O2S2. The first-order chi connectivity index (χ1) is 8.65. The van der Waals surface area contributed by atoms with Crippen LogP contribution in [0.25, 0.3) is 10.9 Å². The van der Waals surface area contributed by atoms with Gasteiger partial charge in [0.05, 0.1) is 4.90 Å². The molecule has 3 rings (SSSR count). The molecule has 0 atom stereocenters. The Morgan fingerprint density at radius 1 is 1.28 bits per heavy atom. The van der Waals surface area contributed by atoms with Crippen molar-refractivity contribution < 1.29 is 8.42 Å². The van der Waals surface area contributed by atoms with Crippen molar-refractivity contribution in [2.24, 2.45) is 0 Å². The van der Waals surface area contributed by atoms with Crippen LogP contribution >= 0.6 is 11.3 Å². The van der Waals surface area contributed by atoms with Crippen molar-refractivity contribution in [3.8, 4) is 0 Å². The summed E-state index contributed by atoms with van der Waals surface area (Å²) in [5.74, 6) is 0. The molecule has 2 aromatic heterocycles. The largest absolute Gasteiger partial charge is 0.361 e. The summed E-state index contributed by atoms with van der Waals surface area (Å²) in [7, 11) is -3.57. The van der Waals surface area contributed by atoms with Crippen LogP contribution in [0.2, 0.25) is 0 Å². The second-order valence-corrected chi connectivity index (χ2v) is 6.25. The van der Waals surface area contributed by atoms with E-state index >= 15 is 0 Å². The Morgan fingerprint density at radius 3 is 2.94 bits per heavy atom. The molecule has 2 N–H and O–H groups in total. The number of H-pyrrole nitrogens is 1. The highest BCUT2D eigenvalue weighted by atomic mass is 32.2. The molecule has 0 saturated carbocycles. The molecular weight excluding hydrogens is 270 g/mol. The van der Waals surface area contributed by atoms with E-state index < -0.39 is 10.0 Å². The van der Waals surface area contributed by atoms with Crippen LogP contribution in [0.15, 0.2) is 46.9 Å². The van der Waals surface area contributed by atoms with E-state index in [1.165, 1.54) is 11.3 Å². The van der Waals surface area contributed by atoms with Crippen molar-refractivity contribution in [2.45, 2.75) is 4.90 Å². The molecule has 0 aliphatic carbocycles. The summed E-state index contributed by atoms with van der Waals surface area (Å²) in [6.07, 6.45) is 3.33. The highest BCUT2D eigenvalue weighted by Crippen LogP contribution is 2.21. The van der Waals surface area contributed by atoms with Crippen molar-refractivity contribution in [1.29, 1.82) is 0 Å². The third-order valence-corrected chi connectivity index (χ3v) is 4.64. The number of fused-ring (bicyclic) bond motifs is 1. The van der Waals surface area contributed by atoms with Gasteiger partial charge in [-0.3, -0.25) is 4.72 Å². The average molecular weight is 279 g/mol. The van der Waals surface area contributed by atoms with E-state index in [0.717, 1.165) is 10.9 Å². The Hall–Kier alpha value is -1.86. The fraction of sp³-hybridized carbons (Fsp3) is 0. The number of benzene rings is 1. The summed E-state index contributed by atoms with van der Waals surface area (Å²) in [6, 6.07) is 6.76. The standard InChI is InChI=1S/C11H9N3O2S2/c15-18(16,14-11-13-5-6-17-11)9-1-2-10-8(7-9)3-4-12-10/h1-7,12H,(H,13,14). The zero-order chi connectivity index (χ0) is 12.6. The van der Waals surface area contributed by atoms with Crippen LogP contribution in [0.4, 0.5) is 5.13 Å². The van der Waals surface area contributed by atoms with Crippen molar-refractivity contribution >= 4 is 37.4 Å². The summed E-state index contributed by atoms with van der Waals surface area (Å²) in [5.41, 5.74) is 0.906. The van der Waals surface area contributed by atoms with Crippen molar-refractivity contribution in [2.75, 3.05) is 4.72 Å². The number of hydrogen-bond donors (Lipinski definition) is 2. The maximum atomic E-state index is 12.1. The molecule has 0 saturated heterocycles. The van der Waals surface area contributed by atoms with Crippen LogP contribution in [-0.4, -0.2) is 18.4 Å². The number of nitrogens with zero attached hydrogens (tertiary/aromatic N) is 1. The lowest BCUT2D eigenvalue weighted by atomic mass is 10.2. The van der Waals surface area contributed by atoms with Crippen molar-refractivity contribution in [1.82, 2.24) is 9.97 Å². The minimum absolute atomic E-state index is 0.227. The van der Waals surface area contributed by atoms with Crippen molar-refractivity contribution in [3.05, 3.63) is 42.0 Å². The number of aromatic nitrogens is 2. The molecule has 2 heterocycles. The third kappa shape index (κ3) is 1.98. The molecule has 1 aromatic carbocycles. The lowest BCUT2D eigenvalue weighted by molar-refractivity contribution is 0.601. The zero-order valence-corrected chi connectivity index (χ0v) is 10.8. The first-order valence-corrected chi connectivity index (χ1v) is 7.51. The molecule has 5 nitrogen and oxygen atoms in total. The molecule has 0 spiro atoms. The Kier molecular flexibility index (Phi) is 2.57. The van der Waals surface area contributed by atoms with E-state index in [-0.39, 0.29) is 4.90 Å². The van der Waals surface area contributed by atoms with Gasteiger partial charge in [-0.25, -0.2) is 13.4 Å². The van der Waals surface area contributed by atoms with E-state index in [4.69, 9.17) is 0 Å². The second-order valence-electron chi connectivity index (χ2n) is 3.67. The molecule has 0 unspecified atom stereocenters. The normalized spacial score (nSPS) is 11.8. The maximum absolute atomic E-state index is 12.1. The van der Waals surface area contributed by atoms with Gasteiger partial charge in [-0.15, -0.1) is 11.3 Å². The summed E-state index contributed by atoms with van der Waals surface area (Å²) >= 11 is 1.24. The predicted octanol–water partition coefficient (Wildman–Crippen LogP) is 2.43. The molecule has 3 aromatic rings. The van der Waals surface area contributed by atoms with Crippen LogP contribution in [0.5, 0.6) is 0 Å². The molecule has 0 amide bonds. The fourth-order valence-corrected chi connectivity index (χ4v) is 3.47. The quantitative estimate of drug-likeness (QED) is 0.773. The summed E-state index contributed by atoms with van der Waals surface area (Å²) in [4.78, 5) is 7.15. The highest BCUT2D eigenvalue weighted by Gasteiger charge is 2.15. The van der Waals surface area contributed by atoms with Gasteiger partial charge in [0.25, 0.3) is 10.0 Å². The Bertz CT molecular complexity index is 776. The number of sulfonamides is 1. The SMILES string of the molecule is O=S(=O)(Nc1nccs1)c1ccc2[nH]ccc2c1. The average Bonchev–Trinajstić information content (AvgIpc) is 2.97. The van der Waals surface area contributed by atoms with Gasteiger partial charge in [-0.1, -0.05) is 0 Å². The minimum Gasteiger partial charge on any atom is -0.361 e. The monoisotopic (exact) mass is 279 g/mol. The Labute approximate surface area is 108 Å². The first kappa shape index (κ1) is 11.2. The number of aromatic amines is 1. The second kappa shape index (κ2) is 4.11. The fourth-order valence-electron chi connectivity index (χ4n) is 1.65. The lowest BCUT2D eigenvalue weighted by Crippen LogP contribution is -2.12. The lowest BCUT2D eigenvalue weighted by Gasteiger charge is -2.05. The molecule has 18 heavy (non-hydrogen) atoms. The highest BCUT2D eigenvalue weighted by molar-refractivity contribution is 7.93. The molecule has 0 aliphatic rings. The zero-order valence-electron chi connectivity index (χ0n) is 9.12. The summed E-state index contributed by atoms with van der Waals surface area (Å²) in [6.45, 7) is 0. The number of thiazole rings is 1. The summed E-state index contributed by atoms with van der Waals surface area (Å²) < 4.78 is 26.7. The topological polar surface area (TPSA) is 74.8 Å². The van der Waals surface area contributed by atoms with Crippen LogP contribution in [0, 0.1) is 0 Å². The van der Waals surface area contributed by atoms with E-state index in [0.29, 0.717) is 5.13 Å². The van der Waals surface area contributed by atoms with Crippen LogP contribution in [0.1, 0.15) is 0 Å². The molecule has 0 fully saturated rings. The van der Waals surface area contributed by atoms with Gasteiger partial charge in [0.1, 0.15) is 0 Å². The molecule has 0 aliphatic heterocycles. The Morgan fingerprint density at radius 2 is 2.17 bits per heavy atom. The van der Waals surface area contributed by atoms with Crippen LogP contribution in [-0.2, 0) is 10.0 Å². The molecule has 0 radical (unpaired) electrons. The smallest absolute Gasteiger partial charge is 0.263 e. The van der Waals surface area contributed by atoms with Gasteiger partial charge >= 0.3 is 0 Å².